The molecule has 100 valence electrons. The molecule has 2 aromatic rings. The number of amidine groups is 1. The normalized spacial score (nSPS) is 17.9. The van der Waals surface area contributed by atoms with Crippen molar-refractivity contribution < 1.29 is 4.39 Å². The summed E-state index contributed by atoms with van der Waals surface area (Å²) < 4.78 is 13.2. The summed E-state index contributed by atoms with van der Waals surface area (Å²) in [7, 11) is 0. The van der Waals surface area contributed by atoms with Gasteiger partial charge < -0.3 is 4.90 Å². The minimum atomic E-state index is -0.189. The van der Waals surface area contributed by atoms with Gasteiger partial charge in [0.2, 0.25) is 0 Å². The third kappa shape index (κ3) is 1.75. The van der Waals surface area contributed by atoms with Gasteiger partial charge in [-0.25, -0.2) is 4.39 Å². The summed E-state index contributed by atoms with van der Waals surface area (Å²) in [5.41, 5.74) is 2.43. The predicted molar refractivity (Wildman–Crippen MR) is 83.1 cm³/mol. The van der Waals surface area contributed by atoms with Crippen molar-refractivity contribution in [2.75, 3.05) is 13.1 Å². The Labute approximate surface area is 121 Å². The van der Waals surface area contributed by atoms with Crippen LogP contribution in [-0.4, -0.2) is 23.2 Å². The van der Waals surface area contributed by atoms with Crippen LogP contribution in [0.15, 0.2) is 46.3 Å². The Balaban J connectivity index is 1.84. The highest BCUT2D eigenvalue weighted by atomic mass is 32.2. The molecule has 2 nitrogen and oxygen atoms in total. The van der Waals surface area contributed by atoms with E-state index < -0.39 is 0 Å². The van der Waals surface area contributed by atoms with Crippen molar-refractivity contribution in [3.8, 4) is 0 Å². The number of aliphatic imine (C=N–C) groups is 1. The monoisotopic (exact) mass is 284 g/mol. The molecule has 0 amide bonds. The number of hydrogen-bond donors (Lipinski definition) is 0. The molecule has 0 unspecified atom stereocenters. The Kier molecular flexibility index (Phi) is 2.60. The Hall–Kier alpha value is -1.81. The second kappa shape index (κ2) is 4.35. The molecule has 20 heavy (non-hydrogen) atoms. The van der Waals surface area contributed by atoms with Crippen LogP contribution in [0, 0.1) is 5.82 Å². The molecule has 4 rings (SSSR count). The number of allylic oxidation sites excluding steroid dienone is 1. The predicted octanol–water partition coefficient (Wildman–Crippen LogP) is 4.09. The van der Waals surface area contributed by atoms with Gasteiger partial charge in [-0.3, -0.25) is 4.99 Å². The molecular formula is C16H13FN2S. The van der Waals surface area contributed by atoms with Gasteiger partial charge in [0.1, 0.15) is 5.82 Å². The van der Waals surface area contributed by atoms with Gasteiger partial charge in [0.25, 0.3) is 0 Å². The standard InChI is InChI=1S/C16H13FN2S/c1-10-15(19-7-6-18-16(19)20-10)13-3-2-12-9-14(17)5-4-11(12)8-13/h2-5,8-9H,6-7H2,1H3. The molecular weight excluding hydrogens is 271 g/mol. The highest BCUT2D eigenvalue weighted by Gasteiger charge is 2.30. The minimum absolute atomic E-state index is 0.189. The molecule has 0 N–H and O–H groups in total. The molecule has 0 bridgehead atoms. The Bertz CT molecular complexity index is 779. The molecule has 0 aromatic heterocycles. The zero-order valence-corrected chi connectivity index (χ0v) is 11.9. The number of nitrogens with zero attached hydrogens (tertiary/aromatic N) is 2. The molecule has 2 heterocycles. The lowest BCUT2D eigenvalue weighted by atomic mass is 10.0. The average Bonchev–Trinajstić information content (AvgIpc) is 2.98. The second-order valence-corrected chi connectivity index (χ2v) is 6.21. The highest BCUT2D eigenvalue weighted by Crippen LogP contribution is 2.41. The van der Waals surface area contributed by atoms with E-state index in [-0.39, 0.29) is 5.82 Å². The van der Waals surface area contributed by atoms with Gasteiger partial charge in [0.05, 0.1) is 12.2 Å². The summed E-state index contributed by atoms with van der Waals surface area (Å²) in [6.45, 7) is 3.96. The van der Waals surface area contributed by atoms with Crippen molar-refractivity contribution in [1.82, 2.24) is 4.90 Å². The summed E-state index contributed by atoms with van der Waals surface area (Å²) in [5, 5.41) is 3.11. The number of rotatable bonds is 1. The first-order valence-electron chi connectivity index (χ1n) is 6.63. The van der Waals surface area contributed by atoms with Crippen LogP contribution in [0.2, 0.25) is 0 Å². The molecule has 4 heteroatoms. The first-order valence-corrected chi connectivity index (χ1v) is 7.44. The average molecular weight is 284 g/mol. The molecule has 0 spiro atoms. The second-order valence-electron chi connectivity index (χ2n) is 5.03. The summed E-state index contributed by atoms with van der Waals surface area (Å²) in [4.78, 5) is 8.08. The maximum absolute atomic E-state index is 13.2. The Morgan fingerprint density at radius 3 is 2.85 bits per heavy atom. The number of halogens is 1. The Morgan fingerprint density at radius 2 is 1.95 bits per heavy atom. The lowest BCUT2D eigenvalue weighted by molar-refractivity contribution is 0.629. The van der Waals surface area contributed by atoms with E-state index in [2.05, 4.69) is 28.9 Å². The molecule has 0 radical (unpaired) electrons. The quantitative estimate of drug-likeness (QED) is 0.784. The number of thioether (sulfide) groups is 1. The van der Waals surface area contributed by atoms with Gasteiger partial charge >= 0.3 is 0 Å². The summed E-state index contributed by atoms with van der Waals surface area (Å²) in [6.07, 6.45) is 0. The zero-order valence-electron chi connectivity index (χ0n) is 11.1. The summed E-state index contributed by atoms with van der Waals surface area (Å²) in [6, 6.07) is 11.1. The maximum atomic E-state index is 13.2. The van der Waals surface area contributed by atoms with Crippen LogP contribution < -0.4 is 0 Å². The number of hydrogen-bond acceptors (Lipinski definition) is 3. The lowest BCUT2D eigenvalue weighted by Crippen LogP contribution is -2.19. The van der Waals surface area contributed by atoms with E-state index in [1.54, 1.807) is 17.8 Å². The van der Waals surface area contributed by atoms with E-state index in [4.69, 9.17) is 0 Å². The van der Waals surface area contributed by atoms with E-state index >= 15 is 0 Å². The van der Waals surface area contributed by atoms with Gasteiger partial charge in [0.15, 0.2) is 5.17 Å². The molecule has 0 fully saturated rings. The minimum Gasteiger partial charge on any atom is -0.318 e. The van der Waals surface area contributed by atoms with Crippen LogP contribution in [0.4, 0.5) is 4.39 Å². The number of benzene rings is 2. The fraction of sp³-hybridized carbons (Fsp3) is 0.188. The lowest BCUT2D eigenvalue weighted by Gasteiger charge is -2.17. The molecule has 0 saturated carbocycles. The molecule has 0 saturated heterocycles. The van der Waals surface area contributed by atoms with Crippen molar-refractivity contribution in [2.45, 2.75) is 6.92 Å². The van der Waals surface area contributed by atoms with E-state index in [1.165, 1.54) is 22.2 Å². The van der Waals surface area contributed by atoms with Crippen molar-refractivity contribution in [3.63, 3.8) is 0 Å². The largest absolute Gasteiger partial charge is 0.318 e. The summed E-state index contributed by atoms with van der Waals surface area (Å²) in [5.74, 6) is -0.189. The van der Waals surface area contributed by atoms with Crippen LogP contribution in [0.3, 0.4) is 0 Å². The third-order valence-corrected chi connectivity index (χ3v) is 4.76. The first kappa shape index (κ1) is 12.0. The fourth-order valence-corrected chi connectivity index (χ4v) is 3.87. The van der Waals surface area contributed by atoms with E-state index in [9.17, 15) is 4.39 Å². The van der Waals surface area contributed by atoms with Gasteiger partial charge in [-0.1, -0.05) is 30.0 Å². The van der Waals surface area contributed by atoms with Crippen molar-refractivity contribution in [1.29, 1.82) is 0 Å². The maximum Gasteiger partial charge on any atom is 0.168 e. The Morgan fingerprint density at radius 1 is 1.15 bits per heavy atom. The third-order valence-electron chi connectivity index (χ3n) is 3.73. The summed E-state index contributed by atoms with van der Waals surface area (Å²) >= 11 is 1.74. The van der Waals surface area contributed by atoms with Crippen LogP contribution in [-0.2, 0) is 0 Å². The van der Waals surface area contributed by atoms with E-state index in [0.717, 1.165) is 29.0 Å². The van der Waals surface area contributed by atoms with Crippen LogP contribution in [0.5, 0.6) is 0 Å². The molecule has 2 aliphatic heterocycles. The molecule has 2 aliphatic rings. The van der Waals surface area contributed by atoms with Crippen molar-refractivity contribution in [3.05, 3.63) is 52.7 Å². The molecule has 0 aliphatic carbocycles. The van der Waals surface area contributed by atoms with E-state index in [0.29, 0.717) is 0 Å². The topological polar surface area (TPSA) is 15.6 Å². The molecule has 0 atom stereocenters. The van der Waals surface area contributed by atoms with Crippen LogP contribution in [0.1, 0.15) is 12.5 Å². The number of fused-ring (bicyclic) bond motifs is 2. The van der Waals surface area contributed by atoms with Crippen LogP contribution >= 0.6 is 11.8 Å². The first-order chi connectivity index (χ1) is 9.72. The highest BCUT2D eigenvalue weighted by molar-refractivity contribution is 8.17. The van der Waals surface area contributed by atoms with Gasteiger partial charge in [-0.2, -0.15) is 0 Å². The van der Waals surface area contributed by atoms with Gasteiger partial charge in [-0.15, -0.1) is 0 Å². The van der Waals surface area contributed by atoms with E-state index in [1.807, 2.05) is 12.1 Å². The zero-order chi connectivity index (χ0) is 13.7. The smallest absolute Gasteiger partial charge is 0.168 e. The SMILES string of the molecule is CC1=C(c2ccc3cc(F)ccc3c2)N2CCN=C2S1. The van der Waals surface area contributed by atoms with Gasteiger partial charge in [-0.05, 0) is 41.5 Å². The fourth-order valence-electron chi connectivity index (χ4n) is 2.82. The van der Waals surface area contributed by atoms with Gasteiger partial charge in [0, 0.05) is 11.4 Å². The van der Waals surface area contributed by atoms with Crippen molar-refractivity contribution in [2.24, 2.45) is 4.99 Å². The molecule has 2 aromatic carbocycles. The van der Waals surface area contributed by atoms with Crippen molar-refractivity contribution >= 4 is 33.4 Å². The van der Waals surface area contributed by atoms with Crippen LogP contribution in [0.25, 0.3) is 16.5 Å².